The molecule has 0 unspecified atom stereocenters. The van der Waals surface area contributed by atoms with Crippen molar-refractivity contribution in [3.05, 3.63) is 78.1 Å². The first kappa shape index (κ1) is 22.7. The highest BCUT2D eigenvalue weighted by atomic mass is 32.2. The van der Waals surface area contributed by atoms with Crippen molar-refractivity contribution in [1.82, 2.24) is 14.1 Å². The van der Waals surface area contributed by atoms with Gasteiger partial charge >= 0.3 is 0 Å². The summed E-state index contributed by atoms with van der Waals surface area (Å²) in [6.07, 6.45) is 4.43. The first-order chi connectivity index (χ1) is 14.9. The van der Waals surface area contributed by atoms with E-state index >= 15 is 0 Å². The van der Waals surface area contributed by atoms with E-state index < -0.39 is 10.0 Å². The van der Waals surface area contributed by atoms with Gasteiger partial charge in [-0.1, -0.05) is 44.2 Å². The van der Waals surface area contributed by atoms with Crippen LogP contribution in [0.5, 0.6) is 0 Å². The fourth-order valence-corrected chi connectivity index (χ4v) is 4.82. The van der Waals surface area contributed by atoms with Crippen molar-refractivity contribution in [2.75, 3.05) is 18.4 Å². The average Bonchev–Trinajstić information content (AvgIpc) is 3.28. The van der Waals surface area contributed by atoms with E-state index in [1.807, 2.05) is 50.4 Å². The fourth-order valence-electron chi connectivity index (χ4n) is 3.36. The molecule has 1 amide bonds. The molecule has 164 valence electrons. The number of para-hydroxylation sites is 1. The summed E-state index contributed by atoms with van der Waals surface area (Å²) in [5, 5.41) is 7.19. The van der Waals surface area contributed by atoms with Gasteiger partial charge in [-0.2, -0.15) is 9.40 Å². The molecule has 0 spiro atoms. The molecule has 2 aromatic carbocycles. The van der Waals surface area contributed by atoms with E-state index in [4.69, 9.17) is 0 Å². The van der Waals surface area contributed by atoms with Crippen LogP contribution in [-0.2, 0) is 27.8 Å². The van der Waals surface area contributed by atoms with E-state index in [-0.39, 0.29) is 10.8 Å². The molecule has 31 heavy (non-hydrogen) atoms. The summed E-state index contributed by atoms with van der Waals surface area (Å²) >= 11 is 0. The Labute approximate surface area is 183 Å². The first-order valence-electron chi connectivity index (χ1n) is 10.4. The number of rotatable bonds is 10. The molecular weight excluding hydrogens is 412 g/mol. The predicted octanol–water partition coefficient (Wildman–Crippen LogP) is 3.53. The Morgan fingerprint density at radius 1 is 1.03 bits per heavy atom. The topological polar surface area (TPSA) is 84.3 Å². The molecule has 0 fully saturated rings. The predicted molar refractivity (Wildman–Crippen MR) is 121 cm³/mol. The number of anilines is 1. The van der Waals surface area contributed by atoms with Crippen LogP contribution < -0.4 is 5.32 Å². The third kappa shape index (κ3) is 5.80. The second kappa shape index (κ2) is 10.4. The van der Waals surface area contributed by atoms with Gasteiger partial charge in [0.25, 0.3) is 0 Å². The van der Waals surface area contributed by atoms with Gasteiger partial charge in [-0.3, -0.25) is 9.48 Å². The zero-order chi connectivity index (χ0) is 22.3. The second-order valence-electron chi connectivity index (χ2n) is 7.14. The third-order valence-electron chi connectivity index (χ3n) is 5.09. The summed E-state index contributed by atoms with van der Waals surface area (Å²) in [4.78, 5) is 12.8. The van der Waals surface area contributed by atoms with Crippen molar-refractivity contribution >= 4 is 21.6 Å². The van der Waals surface area contributed by atoms with Gasteiger partial charge in [-0.15, -0.1) is 0 Å². The van der Waals surface area contributed by atoms with Gasteiger partial charge < -0.3 is 5.32 Å². The Morgan fingerprint density at radius 3 is 2.39 bits per heavy atom. The number of nitrogens with zero attached hydrogens (tertiary/aromatic N) is 3. The number of aryl methyl sites for hydroxylation is 1. The van der Waals surface area contributed by atoms with Crippen LogP contribution in [0, 0.1) is 0 Å². The maximum absolute atomic E-state index is 12.6. The van der Waals surface area contributed by atoms with Gasteiger partial charge in [0.1, 0.15) is 0 Å². The number of hydrogen-bond donors (Lipinski definition) is 1. The van der Waals surface area contributed by atoms with Crippen LogP contribution in [0.2, 0.25) is 0 Å². The highest BCUT2D eigenvalue weighted by Gasteiger charge is 2.21. The zero-order valence-corrected chi connectivity index (χ0v) is 18.7. The summed E-state index contributed by atoms with van der Waals surface area (Å²) in [6, 6.07) is 16.3. The van der Waals surface area contributed by atoms with Crippen LogP contribution in [0.15, 0.2) is 71.9 Å². The number of hydrogen-bond acceptors (Lipinski definition) is 4. The van der Waals surface area contributed by atoms with E-state index in [1.165, 1.54) is 4.31 Å². The fraction of sp³-hybridized carbons (Fsp3) is 0.304. The molecule has 0 saturated carbocycles. The summed E-state index contributed by atoms with van der Waals surface area (Å²) in [7, 11) is -3.47. The lowest BCUT2D eigenvalue weighted by Gasteiger charge is -2.18. The third-order valence-corrected chi connectivity index (χ3v) is 7.15. The summed E-state index contributed by atoms with van der Waals surface area (Å²) in [5.41, 5.74) is 2.66. The molecule has 7 nitrogen and oxygen atoms in total. The highest BCUT2D eigenvalue weighted by Crippen LogP contribution is 2.19. The lowest BCUT2D eigenvalue weighted by molar-refractivity contribution is -0.116. The molecule has 0 saturated heterocycles. The minimum absolute atomic E-state index is 0.0900. The van der Waals surface area contributed by atoms with Crippen LogP contribution >= 0.6 is 0 Å². The molecule has 0 aliphatic carbocycles. The minimum Gasteiger partial charge on any atom is -0.326 e. The van der Waals surface area contributed by atoms with Gasteiger partial charge in [-0.25, -0.2) is 8.42 Å². The number of aromatic nitrogens is 2. The van der Waals surface area contributed by atoms with E-state index in [2.05, 4.69) is 10.4 Å². The lowest BCUT2D eigenvalue weighted by Crippen LogP contribution is -2.30. The SMILES string of the molecule is CCN(CC)S(=O)(=O)c1ccc(CCC(=O)Nc2ccccc2Cn2cccn2)cc1. The minimum atomic E-state index is -3.47. The van der Waals surface area contributed by atoms with Crippen molar-refractivity contribution in [2.24, 2.45) is 0 Å². The summed E-state index contributed by atoms with van der Waals surface area (Å²) < 4.78 is 28.4. The lowest BCUT2D eigenvalue weighted by atomic mass is 10.1. The molecular formula is C23H28N4O3S. The monoisotopic (exact) mass is 440 g/mol. The number of nitrogens with one attached hydrogen (secondary N) is 1. The Kier molecular flexibility index (Phi) is 7.59. The molecule has 3 rings (SSSR count). The molecule has 0 aliphatic heterocycles. The average molecular weight is 441 g/mol. The van der Waals surface area contributed by atoms with E-state index in [0.717, 1.165) is 16.8 Å². The molecule has 8 heteroatoms. The van der Waals surface area contributed by atoms with Gasteiger partial charge in [-0.05, 0) is 41.8 Å². The Morgan fingerprint density at radius 2 is 1.74 bits per heavy atom. The van der Waals surface area contributed by atoms with E-state index in [9.17, 15) is 13.2 Å². The molecule has 3 aromatic rings. The Hall–Kier alpha value is -2.97. The maximum atomic E-state index is 12.6. The molecule has 1 N–H and O–H groups in total. The number of sulfonamides is 1. The standard InChI is InChI=1S/C23H28N4O3S/c1-3-27(4-2)31(29,30)21-13-10-19(11-14-21)12-15-23(28)25-22-9-6-5-8-20(22)18-26-17-7-16-24-26/h5-11,13-14,16-17H,3-4,12,15,18H2,1-2H3,(H,25,28). The van der Waals surface area contributed by atoms with Crippen molar-refractivity contribution in [3.8, 4) is 0 Å². The molecule has 0 aliphatic rings. The molecule has 1 aromatic heterocycles. The van der Waals surface area contributed by atoms with Crippen molar-refractivity contribution in [1.29, 1.82) is 0 Å². The summed E-state index contributed by atoms with van der Waals surface area (Å²) in [6.45, 7) is 5.08. The maximum Gasteiger partial charge on any atom is 0.243 e. The number of amides is 1. The number of benzene rings is 2. The number of carbonyl (C=O) groups excluding carboxylic acids is 1. The van der Waals surface area contributed by atoms with Crippen molar-refractivity contribution in [3.63, 3.8) is 0 Å². The van der Waals surface area contributed by atoms with Crippen molar-refractivity contribution < 1.29 is 13.2 Å². The normalized spacial score (nSPS) is 11.6. The zero-order valence-electron chi connectivity index (χ0n) is 17.9. The van der Waals surface area contributed by atoms with Gasteiger partial charge in [0.15, 0.2) is 0 Å². The second-order valence-corrected chi connectivity index (χ2v) is 9.08. The first-order valence-corrected chi connectivity index (χ1v) is 11.8. The smallest absolute Gasteiger partial charge is 0.243 e. The molecule has 0 bridgehead atoms. The van der Waals surface area contributed by atoms with E-state index in [0.29, 0.717) is 32.5 Å². The molecule has 0 radical (unpaired) electrons. The quantitative estimate of drug-likeness (QED) is 0.523. The van der Waals surface area contributed by atoms with Gasteiger partial charge in [0.2, 0.25) is 15.9 Å². The Bertz CT molecular complexity index is 1090. The van der Waals surface area contributed by atoms with Crippen LogP contribution in [-0.4, -0.2) is 41.5 Å². The number of carbonyl (C=O) groups is 1. The van der Waals surface area contributed by atoms with Crippen LogP contribution in [0.4, 0.5) is 5.69 Å². The van der Waals surface area contributed by atoms with Gasteiger partial charge in [0.05, 0.1) is 11.4 Å². The van der Waals surface area contributed by atoms with Crippen molar-refractivity contribution in [2.45, 2.75) is 38.1 Å². The van der Waals surface area contributed by atoms with Gasteiger partial charge in [0, 0.05) is 37.6 Å². The molecule has 0 atom stereocenters. The Balaban J connectivity index is 1.59. The highest BCUT2D eigenvalue weighted by molar-refractivity contribution is 7.89. The van der Waals surface area contributed by atoms with Crippen LogP contribution in [0.1, 0.15) is 31.4 Å². The summed E-state index contributed by atoms with van der Waals surface area (Å²) in [5.74, 6) is -0.0900. The van der Waals surface area contributed by atoms with Crippen LogP contribution in [0.3, 0.4) is 0 Å². The van der Waals surface area contributed by atoms with E-state index in [1.54, 1.807) is 35.1 Å². The largest absolute Gasteiger partial charge is 0.326 e. The van der Waals surface area contributed by atoms with Crippen LogP contribution in [0.25, 0.3) is 0 Å². The molecule has 1 heterocycles.